The van der Waals surface area contributed by atoms with Gasteiger partial charge in [-0.3, -0.25) is 19.3 Å². The smallest absolute Gasteiger partial charge is 0.299 e. The summed E-state index contributed by atoms with van der Waals surface area (Å²) >= 11 is 5.83. The monoisotopic (exact) mass is 289 g/mol. The number of anilines is 1. The molecule has 0 radical (unpaired) electrons. The van der Waals surface area contributed by atoms with Gasteiger partial charge in [-0.25, -0.2) is 0 Å². The topological polar surface area (TPSA) is 67.6 Å². The average molecular weight is 290 g/mol. The molecule has 0 bridgehead atoms. The molecule has 0 N–H and O–H groups in total. The van der Waals surface area contributed by atoms with Gasteiger partial charge < -0.3 is 4.42 Å². The number of amides is 1. The van der Waals surface area contributed by atoms with Crippen molar-refractivity contribution < 1.29 is 18.8 Å². The zero-order chi connectivity index (χ0) is 14.3. The van der Waals surface area contributed by atoms with Crippen LogP contribution in [0.5, 0.6) is 0 Å². The van der Waals surface area contributed by atoms with Gasteiger partial charge in [0.1, 0.15) is 5.76 Å². The van der Waals surface area contributed by atoms with Gasteiger partial charge in [0.15, 0.2) is 12.0 Å². The molecule has 1 amide bonds. The van der Waals surface area contributed by atoms with Crippen LogP contribution in [0.25, 0.3) is 0 Å². The standard InChI is InChI=1S/C14H8ClNO4/c15-8-1-4-12-11(5-8)13(18)14(19)16(12)6-9-2-3-10(7-17)20-9/h1-5,7H,6H2. The number of aldehydes is 1. The van der Waals surface area contributed by atoms with E-state index in [9.17, 15) is 14.4 Å². The number of hydrogen-bond donors (Lipinski definition) is 0. The predicted octanol–water partition coefficient (Wildman–Crippen LogP) is 2.48. The molecular formula is C14H8ClNO4. The Labute approximate surface area is 118 Å². The van der Waals surface area contributed by atoms with Crippen molar-refractivity contribution in [3.63, 3.8) is 0 Å². The minimum absolute atomic E-state index is 0.0903. The number of fused-ring (bicyclic) bond motifs is 1. The highest BCUT2D eigenvalue weighted by atomic mass is 35.5. The summed E-state index contributed by atoms with van der Waals surface area (Å²) in [6, 6.07) is 7.79. The van der Waals surface area contributed by atoms with Crippen LogP contribution in [-0.2, 0) is 11.3 Å². The summed E-state index contributed by atoms with van der Waals surface area (Å²) in [5, 5.41) is 0.396. The number of ketones is 1. The molecular weight excluding hydrogens is 282 g/mol. The first-order chi connectivity index (χ1) is 9.60. The number of carbonyl (C=O) groups excluding carboxylic acids is 3. The minimum Gasteiger partial charge on any atom is -0.456 e. The normalized spacial score (nSPS) is 13.8. The zero-order valence-electron chi connectivity index (χ0n) is 10.1. The summed E-state index contributed by atoms with van der Waals surface area (Å²) in [5.74, 6) is -0.624. The number of benzene rings is 1. The van der Waals surface area contributed by atoms with E-state index in [1.165, 1.54) is 17.0 Å². The molecule has 0 fully saturated rings. The van der Waals surface area contributed by atoms with Crippen molar-refractivity contribution in [1.82, 2.24) is 0 Å². The van der Waals surface area contributed by atoms with Crippen molar-refractivity contribution in [3.05, 3.63) is 52.4 Å². The lowest BCUT2D eigenvalue weighted by atomic mass is 10.1. The van der Waals surface area contributed by atoms with Crippen LogP contribution in [0.3, 0.4) is 0 Å². The lowest BCUT2D eigenvalue weighted by molar-refractivity contribution is -0.114. The fourth-order valence-corrected chi connectivity index (χ4v) is 2.30. The lowest BCUT2D eigenvalue weighted by Crippen LogP contribution is -2.28. The molecule has 0 spiro atoms. The van der Waals surface area contributed by atoms with Gasteiger partial charge in [-0.1, -0.05) is 11.6 Å². The van der Waals surface area contributed by atoms with Gasteiger partial charge in [0.25, 0.3) is 11.7 Å². The Morgan fingerprint density at radius 2 is 2.00 bits per heavy atom. The number of nitrogens with zero attached hydrogens (tertiary/aromatic N) is 1. The summed E-state index contributed by atoms with van der Waals surface area (Å²) in [6.45, 7) is 0.0903. The zero-order valence-corrected chi connectivity index (χ0v) is 10.9. The predicted molar refractivity (Wildman–Crippen MR) is 71.1 cm³/mol. The Hall–Kier alpha value is -2.40. The molecule has 5 nitrogen and oxygen atoms in total. The van der Waals surface area contributed by atoms with Gasteiger partial charge in [0.05, 0.1) is 17.8 Å². The molecule has 2 aromatic rings. The molecule has 1 aliphatic heterocycles. The van der Waals surface area contributed by atoms with E-state index in [0.717, 1.165) is 0 Å². The summed E-state index contributed by atoms with van der Waals surface area (Å²) in [6.07, 6.45) is 0.578. The molecule has 1 aliphatic rings. The van der Waals surface area contributed by atoms with Gasteiger partial charge in [-0.05, 0) is 30.3 Å². The molecule has 100 valence electrons. The van der Waals surface area contributed by atoms with E-state index in [1.807, 2.05) is 0 Å². The molecule has 1 aromatic heterocycles. The van der Waals surface area contributed by atoms with E-state index in [2.05, 4.69) is 0 Å². The fraction of sp³-hybridized carbons (Fsp3) is 0.0714. The van der Waals surface area contributed by atoms with E-state index in [0.29, 0.717) is 22.8 Å². The van der Waals surface area contributed by atoms with Crippen LogP contribution in [-0.4, -0.2) is 18.0 Å². The highest BCUT2D eigenvalue weighted by Crippen LogP contribution is 2.32. The minimum atomic E-state index is -0.633. The molecule has 2 heterocycles. The summed E-state index contributed by atoms with van der Waals surface area (Å²) in [7, 11) is 0. The molecule has 6 heteroatoms. The number of carbonyl (C=O) groups is 3. The highest BCUT2D eigenvalue weighted by Gasteiger charge is 2.36. The number of halogens is 1. The van der Waals surface area contributed by atoms with Crippen LogP contribution in [0.1, 0.15) is 26.7 Å². The second-order valence-electron chi connectivity index (χ2n) is 4.30. The molecule has 0 saturated heterocycles. The van der Waals surface area contributed by atoms with E-state index < -0.39 is 11.7 Å². The summed E-state index contributed by atoms with van der Waals surface area (Å²) in [4.78, 5) is 35.7. The maximum atomic E-state index is 12.0. The van der Waals surface area contributed by atoms with Gasteiger partial charge in [0.2, 0.25) is 0 Å². The van der Waals surface area contributed by atoms with Gasteiger partial charge in [-0.2, -0.15) is 0 Å². The van der Waals surface area contributed by atoms with Crippen LogP contribution >= 0.6 is 11.6 Å². The van der Waals surface area contributed by atoms with Gasteiger partial charge in [-0.15, -0.1) is 0 Å². The van der Waals surface area contributed by atoms with E-state index in [-0.39, 0.29) is 17.9 Å². The average Bonchev–Trinajstić information content (AvgIpc) is 2.99. The van der Waals surface area contributed by atoms with Crippen molar-refractivity contribution in [3.8, 4) is 0 Å². The van der Waals surface area contributed by atoms with E-state index in [1.54, 1.807) is 18.2 Å². The molecule has 3 rings (SSSR count). The van der Waals surface area contributed by atoms with Crippen molar-refractivity contribution in [2.45, 2.75) is 6.54 Å². The Bertz CT molecular complexity index is 735. The van der Waals surface area contributed by atoms with Crippen molar-refractivity contribution >= 4 is 35.3 Å². The lowest BCUT2D eigenvalue weighted by Gasteiger charge is -2.14. The Morgan fingerprint density at radius 1 is 1.20 bits per heavy atom. The molecule has 0 saturated carbocycles. The Morgan fingerprint density at radius 3 is 2.70 bits per heavy atom. The maximum absolute atomic E-state index is 12.0. The molecule has 0 aliphatic carbocycles. The van der Waals surface area contributed by atoms with Crippen LogP contribution in [0, 0.1) is 0 Å². The third-order valence-electron chi connectivity index (χ3n) is 3.05. The highest BCUT2D eigenvalue weighted by molar-refractivity contribution is 6.52. The first-order valence-corrected chi connectivity index (χ1v) is 6.17. The molecule has 0 unspecified atom stereocenters. The largest absolute Gasteiger partial charge is 0.456 e. The third-order valence-corrected chi connectivity index (χ3v) is 3.28. The first kappa shape index (κ1) is 12.6. The number of Topliss-reactive ketones (excluding diaryl/α,β-unsaturated/α-hetero) is 1. The summed E-state index contributed by atoms with van der Waals surface area (Å²) < 4.78 is 5.22. The van der Waals surface area contributed by atoms with E-state index in [4.69, 9.17) is 16.0 Å². The molecule has 20 heavy (non-hydrogen) atoms. The quantitative estimate of drug-likeness (QED) is 0.643. The van der Waals surface area contributed by atoms with Crippen LogP contribution in [0.2, 0.25) is 5.02 Å². The number of furan rings is 1. The van der Waals surface area contributed by atoms with Crippen molar-refractivity contribution in [2.75, 3.05) is 4.90 Å². The Kier molecular flexibility index (Phi) is 2.91. The van der Waals surface area contributed by atoms with Crippen molar-refractivity contribution in [1.29, 1.82) is 0 Å². The maximum Gasteiger partial charge on any atom is 0.299 e. The van der Waals surface area contributed by atoms with Gasteiger partial charge in [0, 0.05) is 5.02 Å². The summed E-state index contributed by atoms with van der Waals surface area (Å²) in [5.41, 5.74) is 0.776. The second kappa shape index (κ2) is 4.61. The molecule has 1 aromatic carbocycles. The molecule has 0 atom stereocenters. The fourth-order valence-electron chi connectivity index (χ4n) is 2.13. The van der Waals surface area contributed by atoms with Crippen LogP contribution in [0.15, 0.2) is 34.7 Å². The Balaban J connectivity index is 1.96. The first-order valence-electron chi connectivity index (χ1n) is 5.80. The number of hydrogen-bond acceptors (Lipinski definition) is 4. The van der Waals surface area contributed by atoms with E-state index >= 15 is 0 Å². The van der Waals surface area contributed by atoms with Gasteiger partial charge >= 0.3 is 0 Å². The number of rotatable bonds is 3. The SMILES string of the molecule is O=Cc1ccc(CN2C(=O)C(=O)c3cc(Cl)ccc32)o1. The van der Waals surface area contributed by atoms with Crippen molar-refractivity contribution in [2.24, 2.45) is 0 Å². The van der Waals surface area contributed by atoms with Crippen LogP contribution < -0.4 is 4.90 Å². The van der Waals surface area contributed by atoms with Crippen LogP contribution in [0.4, 0.5) is 5.69 Å². The second-order valence-corrected chi connectivity index (χ2v) is 4.74. The third kappa shape index (κ3) is 1.92.